The molecule has 1 aliphatic heterocycles. The Labute approximate surface area is 161 Å². The molecule has 28 heavy (non-hydrogen) atoms. The molecule has 1 aliphatic carbocycles. The molecule has 5 rings (SSSR count). The summed E-state index contributed by atoms with van der Waals surface area (Å²) in [7, 11) is 0. The summed E-state index contributed by atoms with van der Waals surface area (Å²) < 4.78 is 1.86. The molecule has 4 heterocycles. The van der Waals surface area contributed by atoms with Gasteiger partial charge >= 0.3 is 0 Å². The molecule has 3 aromatic heterocycles. The fourth-order valence-electron chi connectivity index (χ4n) is 3.75. The average Bonchev–Trinajstić information content (AvgIpc) is 3.09. The van der Waals surface area contributed by atoms with E-state index < -0.39 is 0 Å². The maximum absolute atomic E-state index is 12.7. The zero-order valence-corrected chi connectivity index (χ0v) is 15.7. The van der Waals surface area contributed by atoms with Gasteiger partial charge in [0.05, 0.1) is 11.9 Å². The summed E-state index contributed by atoms with van der Waals surface area (Å²) in [4.78, 5) is 30.9. The Kier molecular flexibility index (Phi) is 3.92. The first kappa shape index (κ1) is 17.0. The Balaban J connectivity index is 1.38. The molecule has 144 valence electrons. The normalized spacial score (nSPS) is 19.3. The minimum Gasteiger partial charge on any atom is -0.335 e. The van der Waals surface area contributed by atoms with Crippen LogP contribution in [0.2, 0.25) is 0 Å². The number of fused-ring (bicyclic) bond motifs is 1. The number of aromatic amines is 1. The first-order valence-electron chi connectivity index (χ1n) is 9.75. The van der Waals surface area contributed by atoms with Crippen LogP contribution in [0.4, 0.5) is 5.82 Å². The third kappa shape index (κ3) is 3.04. The number of pyridine rings is 1. The van der Waals surface area contributed by atoms with Gasteiger partial charge in [-0.15, -0.1) is 0 Å². The molecule has 8 nitrogen and oxygen atoms in total. The molecular formula is C20H22N6O2. The number of H-pyrrole nitrogens is 1. The van der Waals surface area contributed by atoms with E-state index >= 15 is 0 Å². The molecule has 2 fully saturated rings. The number of anilines is 1. The molecule has 2 aliphatic rings. The molecular weight excluding hydrogens is 356 g/mol. The van der Waals surface area contributed by atoms with Crippen LogP contribution < -0.4 is 5.32 Å². The predicted molar refractivity (Wildman–Crippen MR) is 104 cm³/mol. The van der Waals surface area contributed by atoms with E-state index in [1.165, 1.54) is 0 Å². The zero-order valence-electron chi connectivity index (χ0n) is 15.7. The second-order valence-corrected chi connectivity index (χ2v) is 7.73. The van der Waals surface area contributed by atoms with Crippen molar-refractivity contribution in [2.24, 2.45) is 5.92 Å². The molecule has 3 aromatic rings. The number of hydrogen-bond donors (Lipinski definition) is 2. The lowest BCUT2D eigenvalue weighted by Gasteiger charge is -2.20. The van der Waals surface area contributed by atoms with Gasteiger partial charge in [0.15, 0.2) is 5.82 Å². The molecule has 0 bridgehead atoms. The van der Waals surface area contributed by atoms with Crippen LogP contribution in [-0.4, -0.2) is 48.9 Å². The monoisotopic (exact) mass is 378 g/mol. The van der Waals surface area contributed by atoms with Crippen molar-refractivity contribution in [3.8, 4) is 11.3 Å². The smallest absolute Gasteiger partial charge is 0.272 e. The Hall–Kier alpha value is -3.16. The van der Waals surface area contributed by atoms with Crippen LogP contribution in [0.5, 0.6) is 0 Å². The summed E-state index contributed by atoms with van der Waals surface area (Å²) >= 11 is 0. The lowest BCUT2D eigenvalue weighted by molar-refractivity contribution is -0.117. The Morgan fingerprint density at radius 1 is 1.21 bits per heavy atom. The van der Waals surface area contributed by atoms with Crippen molar-refractivity contribution in [2.45, 2.75) is 38.6 Å². The van der Waals surface area contributed by atoms with Crippen molar-refractivity contribution in [1.29, 1.82) is 0 Å². The van der Waals surface area contributed by atoms with E-state index in [-0.39, 0.29) is 23.8 Å². The number of rotatable bonds is 4. The van der Waals surface area contributed by atoms with E-state index in [1.54, 1.807) is 12.3 Å². The van der Waals surface area contributed by atoms with Crippen LogP contribution in [0.25, 0.3) is 16.9 Å². The first-order valence-corrected chi connectivity index (χ1v) is 9.75. The third-order valence-corrected chi connectivity index (χ3v) is 5.57. The Morgan fingerprint density at radius 3 is 2.82 bits per heavy atom. The second-order valence-electron chi connectivity index (χ2n) is 7.73. The number of nitrogens with one attached hydrogen (secondary N) is 2. The fourth-order valence-corrected chi connectivity index (χ4v) is 3.75. The molecule has 1 saturated heterocycles. The van der Waals surface area contributed by atoms with Gasteiger partial charge < -0.3 is 14.6 Å². The van der Waals surface area contributed by atoms with Crippen LogP contribution >= 0.6 is 0 Å². The number of carbonyl (C=O) groups excluding carboxylic acids is 2. The minimum atomic E-state index is -0.00228. The van der Waals surface area contributed by atoms with E-state index in [4.69, 9.17) is 0 Å². The van der Waals surface area contributed by atoms with Crippen molar-refractivity contribution in [3.05, 3.63) is 36.3 Å². The molecule has 0 spiro atoms. The highest BCUT2D eigenvalue weighted by molar-refractivity contribution is 5.94. The van der Waals surface area contributed by atoms with E-state index in [2.05, 4.69) is 27.4 Å². The number of carbonyl (C=O) groups is 2. The van der Waals surface area contributed by atoms with E-state index in [0.717, 1.165) is 43.4 Å². The largest absolute Gasteiger partial charge is 0.335 e. The maximum Gasteiger partial charge on any atom is 0.272 e. The molecule has 1 saturated carbocycles. The lowest BCUT2D eigenvalue weighted by atomic mass is 10.2. The number of imidazole rings is 1. The minimum absolute atomic E-state index is 0.00228. The van der Waals surface area contributed by atoms with Crippen LogP contribution in [0.1, 0.15) is 43.1 Å². The zero-order chi connectivity index (χ0) is 19.3. The third-order valence-electron chi connectivity index (χ3n) is 5.57. The van der Waals surface area contributed by atoms with Crippen LogP contribution in [0, 0.1) is 5.92 Å². The number of amides is 2. The van der Waals surface area contributed by atoms with E-state index in [0.29, 0.717) is 17.2 Å². The standard InChI is InChI=1S/C20H22N6O2/c1-12-3-2-8-26(12)20(28)16-9-15(23-24-16)14-6-7-18-21-17(11-25(18)10-14)22-19(27)13-4-5-13/h6-7,9-13H,2-5,8H2,1H3,(H,22,27)(H,23,24). The summed E-state index contributed by atoms with van der Waals surface area (Å²) in [5.41, 5.74) is 2.82. The van der Waals surface area contributed by atoms with Gasteiger partial charge in [0.1, 0.15) is 11.3 Å². The van der Waals surface area contributed by atoms with Crippen LogP contribution in [0.15, 0.2) is 30.6 Å². The summed E-state index contributed by atoms with van der Waals surface area (Å²) in [6.07, 6.45) is 7.70. The topological polar surface area (TPSA) is 95.4 Å². The van der Waals surface area contributed by atoms with E-state index in [9.17, 15) is 9.59 Å². The lowest BCUT2D eigenvalue weighted by Crippen LogP contribution is -2.33. The SMILES string of the molecule is CC1CCCN1C(=O)c1cc(-c2ccc3nc(NC(=O)C4CC4)cn3c2)n[nH]1. The van der Waals surface area contributed by atoms with Gasteiger partial charge in [-0.05, 0) is 50.8 Å². The maximum atomic E-state index is 12.7. The molecule has 2 amide bonds. The van der Waals surface area contributed by atoms with Crippen LogP contribution in [-0.2, 0) is 4.79 Å². The Bertz CT molecular complexity index is 1060. The summed E-state index contributed by atoms with van der Waals surface area (Å²) in [6, 6.07) is 5.85. The number of hydrogen-bond acceptors (Lipinski definition) is 4. The molecule has 8 heteroatoms. The van der Waals surface area contributed by atoms with Gasteiger partial charge in [-0.2, -0.15) is 5.10 Å². The van der Waals surface area contributed by atoms with Crippen molar-refractivity contribution in [2.75, 3.05) is 11.9 Å². The predicted octanol–water partition coefficient (Wildman–Crippen LogP) is 2.70. The van der Waals surface area contributed by atoms with Crippen LogP contribution in [0.3, 0.4) is 0 Å². The highest BCUT2D eigenvalue weighted by atomic mass is 16.2. The molecule has 1 unspecified atom stereocenters. The van der Waals surface area contributed by atoms with Gasteiger partial charge in [0, 0.05) is 30.3 Å². The van der Waals surface area contributed by atoms with Crippen molar-refractivity contribution in [1.82, 2.24) is 24.5 Å². The van der Waals surface area contributed by atoms with E-state index in [1.807, 2.05) is 27.6 Å². The average molecular weight is 378 g/mol. The van der Waals surface area contributed by atoms with Gasteiger partial charge in [0.2, 0.25) is 5.91 Å². The van der Waals surface area contributed by atoms with Gasteiger partial charge in [-0.1, -0.05) is 0 Å². The highest BCUT2D eigenvalue weighted by Gasteiger charge is 2.30. The first-order chi connectivity index (χ1) is 13.6. The fraction of sp³-hybridized carbons (Fsp3) is 0.400. The quantitative estimate of drug-likeness (QED) is 0.730. The summed E-state index contributed by atoms with van der Waals surface area (Å²) in [5.74, 6) is 0.724. The second kappa shape index (κ2) is 6.47. The number of aromatic nitrogens is 4. The molecule has 0 aromatic carbocycles. The molecule has 0 radical (unpaired) electrons. The Morgan fingerprint density at radius 2 is 2.07 bits per heavy atom. The summed E-state index contributed by atoms with van der Waals surface area (Å²) in [5, 5.41) is 10.1. The highest BCUT2D eigenvalue weighted by Crippen LogP contribution is 2.30. The molecule has 2 N–H and O–H groups in total. The molecule has 1 atom stereocenters. The van der Waals surface area contributed by atoms with Crippen molar-refractivity contribution >= 4 is 23.3 Å². The number of likely N-dealkylation sites (tertiary alicyclic amines) is 1. The van der Waals surface area contributed by atoms with Gasteiger partial charge in [-0.25, -0.2) is 4.98 Å². The van der Waals surface area contributed by atoms with Gasteiger partial charge in [0.25, 0.3) is 5.91 Å². The summed E-state index contributed by atoms with van der Waals surface area (Å²) in [6.45, 7) is 2.87. The number of nitrogens with zero attached hydrogens (tertiary/aromatic N) is 4. The van der Waals surface area contributed by atoms with Gasteiger partial charge in [-0.3, -0.25) is 14.7 Å². The van der Waals surface area contributed by atoms with Crippen molar-refractivity contribution in [3.63, 3.8) is 0 Å². The van der Waals surface area contributed by atoms with Crippen molar-refractivity contribution < 1.29 is 9.59 Å².